The second kappa shape index (κ2) is 11.3. The van der Waals surface area contributed by atoms with Crippen molar-refractivity contribution >= 4 is 21.8 Å². The van der Waals surface area contributed by atoms with Crippen LogP contribution in [0, 0.1) is 0 Å². The predicted molar refractivity (Wildman–Crippen MR) is 215 cm³/mol. The Morgan fingerprint density at radius 1 is 0.420 bits per heavy atom. The fourth-order valence-electron chi connectivity index (χ4n) is 8.45. The first kappa shape index (κ1) is 32.3. The molecule has 7 aromatic rings. The lowest BCUT2D eigenvalue weighted by atomic mass is 9.74. The Bertz CT molecular complexity index is 2340. The minimum atomic E-state index is -0.131. The summed E-state index contributed by atoms with van der Waals surface area (Å²) in [6, 6.07) is 48.2. The number of hydrogen-bond acceptors (Lipinski definition) is 0. The number of fused-ring (bicyclic) bond motifs is 6. The molecule has 0 spiro atoms. The smallest absolute Gasteiger partial charge is 0.0547 e. The van der Waals surface area contributed by atoms with Gasteiger partial charge in [0.15, 0.2) is 0 Å². The Balaban J connectivity index is 1.51. The van der Waals surface area contributed by atoms with E-state index in [-0.39, 0.29) is 22.2 Å². The molecule has 0 unspecified atom stereocenters. The summed E-state index contributed by atoms with van der Waals surface area (Å²) < 4.78 is 2.48. The van der Waals surface area contributed by atoms with Gasteiger partial charge in [-0.1, -0.05) is 165 Å². The molecule has 50 heavy (non-hydrogen) atoms. The number of para-hydroxylation sites is 1. The molecule has 0 amide bonds. The van der Waals surface area contributed by atoms with Crippen molar-refractivity contribution in [1.29, 1.82) is 0 Å². The van der Waals surface area contributed by atoms with Gasteiger partial charge in [-0.25, -0.2) is 0 Å². The van der Waals surface area contributed by atoms with Crippen molar-refractivity contribution < 1.29 is 0 Å². The van der Waals surface area contributed by atoms with Gasteiger partial charge in [0, 0.05) is 22.4 Å². The van der Waals surface area contributed by atoms with E-state index in [2.05, 4.69) is 194 Å². The van der Waals surface area contributed by atoms with E-state index in [0.29, 0.717) is 0 Å². The molecule has 1 aromatic heterocycles. The van der Waals surface area contributed by atoms with Gasteiger partial charge in [-0.2, -0.15) is 0 Å². The average Bonchev–Trinajstić information content (AvgIpc) is 3.59. The van der Waals surface area contributed by atoms with Gasteiger partial charge in [-0.3, -0.25) is 0 Å². The van der Waals surface area contributed by atoms with Gasteiger partial charge < -0.3 is 4.57 Å². The van der Waals surface area contributed by atoms with Crippen LogP contribution in [-0.2, 0) is 16.2 Å². The minimum Gasteiger partial charge on any atom is -0.309 e. The third-order valence-electron chi connectivity index (χ3n) is 10.9. The molecule has 0 N–H and O–H groups in total. The molecular weight excluding hydrogens is 603 g/mol. The fraction of sp³-hybridized carbons (Fsp3) is 0.265. The monoisotopic (exact) mass is 651 g/mol. The Labute approximate surface area is 298 Å². The van der Waals surface area contributed by atoms with Crippen LogP contribution in [0.4, 0.5) is 0 Å². The third kappa shape index (κ3) is 5.13. The number of hydrogen-bond donors (Lipinski definition) is 0. The van der Waals surface area contributed by atoms with E-state index in [1.54, 1.807) is 0 Å². The first-order valence-corrected chi connectivity index (χ1v) is 18.2. The molecule has 0 atom stereocenters. The molecule has 0 saturated heterocycles. The summed E-state index contributed by atoms with van der Waals surface area (Å²) in [6.07, 6.45) is 0. The van der Waals surface area contributed by atoms with Crippen LogP contribution in [0.5, 0.6) is 0 Å². The van der Waals surface area contributed by atoms with Crippen LogP contribution in [0.15, 0.2) is 127 Å². The van der Waals surface area contributed by atoms with Crippen LogP contribution in [0.1, 0.15) is 102 Å². The predicted octanol–water partition coefficient (Wildman–Crippen LogP) is 13.5. The lowest BCUT2D eigenvalue weighted by molar-refractivity contribution is 0.587. The van der Waals surface area contributed by atoms with Crippen molar-refractivity contribution in [3.05, 3.63) is 161 Å². The molecule has 0 bridgehead atoms. The van der Waals surface area contributed by atoms with Gasteiger partial charge in [0.1, 0.15) is 0 Å². The lowest BCUT2D eigenvalue weighted by Gasteiger charge is -2.29. The number of aromatic nitrogens is 1. The molecule has 0 fully saturated rings. The second-order valence-electron chi connectivity index (χ2n) is 17.4. The molecule has 6 aromatic carbocycles. The highest BCUT2D eigenvalue weighted by molar-refractivity contribution is 6.17. The number of benzene rings is 6. The van der Waals surface area contributed by atoms with E-state index in [4.69, 9.17) is 0 Å². The van der Waals surface area contributed by atoms with E-state index in [9.17, 15) is 0 Å². The maximum atomic E-state index is 2.49. The van der Waals surface area contributed by atoms with Crippen molar-refractivity contribution in [2.45, 2.75) is 84.5 Å². The molecule has 8 rings (SSSR count). The summed E-state index contributed by atoms with van der Waals surface area (Å²) in [5, 5.41) is 2.69. The Hall–Kier alpha value is -4.88. The zero-order valence-corrected chi connectivity index (χ0v) is 31.1. The summed E-state index contributed by atoms with van der Waals surface area (Å²) in [6.45, 7) is 21.2. The summed E-state index contributed by atoms with van der Waals surface area (Å²) >= 11 is 0. The largest absolute Gasteiger partial charge is 0.309 e. The highest BCUT2D eigenvalue weighted by Gasteiger charge is 2.37. The standard InChI is InChI=1S/C49H49N/c1-47(2,3)32-23-25-36-39(29-32)40-30-33(48(4,5)6)24-26-37(40)43(36)38-27-28-42-45(46(38)49(7,8)9)44-35(31-17-12-10-13-18-31)21-16-22-41(44)50(42)34-19-14-11-15-20-34/h10-30,43H,1-9H3. The van der Waals surface area contributed by atoms with E-state index in [0.717, 1.165) is 0 Å². The zero-order valence-electron chi connectivity index (χ0n) is 31.1. The summed E-state index contributed by atoms with van der Waals surface area (Å²) in [5.41, 5.74) is 17.4. The van der Waals surface area contributed by atoms with Gasteiger partial charge in [-0.05, 0) is 96.1 Å². The molecular formula is C49H49N. The third-order valence-corrected chi connectivity index (χ3v) is 10.9. The molecule has 1 heterocycles. The van der Waals surface area contributed by atoms with Crippen molar-refractivity contribution in [2.24, 2.45) is 0 Å². The summed E-state index contributed by atoms with van der Waals surface area (Å²) in [7, 11) is 0. The normalized spacial score (nSPS) is 13.6. The zero-order chi connectivity index (χ0) is 35.2. The van der Waals surface area contributed by atoms with Crippen LogP contribution in [0.25, 0.3) is 49.7 Å². The number of rotatable bonds is 3. The van der Waals surface area contributed by atoms with Gasteiger partial charge in [-0.15, -0.1) is 0 Å². The van der Waals surface area contributed by atoms with E-state index in [1.165, 1.54) is 83.1 Å². The maximum absolute atomic E-state index is 2.49. The molecule has 1 aliphatic carbocycles. The van der Waals surface area contributed by atoms with E-state index < -0.39 is 0 Å². The molecule has 250 valence electrons. The molecule has 0 aliphatic heterocycles. The average molecular weight is 652 g/mol. The minimum absolute atomic E-state index is 0.0670. The number of nitrogens with zero attached hydrogens (tertiary/aromatic N) is 1. The Kier molecular flexibility index (Phi) is 7.32. The van der Waals surface area contributed by atoms with Gasteiger partial charge in [0.2, 0.25) is 0 Å². The van der Waals surface area contributed by atoms with E-state index >= 15 is 0 Å². The van der Waals surface area contributed by atoms with Crippen molar-refractivity contribution in [3.63, 3.8) is 0 Å². The van der Waals surface area contributed by atoms with Gasteiger partial charge in [0.05, 0.1) is 11.0 Å². The van der Waals surface area contributed by atoms with Gasteiger partial charge in [0.25, 0.3) is 0 Å². The SMILES string of the molecule is CC(C)(C)c1ccc2c(c1)-c1cc(C(C)(C)C)ccc1C2c1ccc2c(c1C(C)(C)C)c1c(-c3ccccc3)cccc1n2-c1ccccc1. The van der Waals surface area contributed by atoms with Crippen LogP contribution in [-0.4, -0.2) is 4.57 Å². The highest BCUT2D eigenvalue weighted by Crippen LogP contribution is 2.54. The molecule has 0 saturated carbocycles. The first-order valence-electron chi connectivity index (χ1n) is 18.2. The van der Waals surface area contributed by atoms with Gasteiger partial charge >= 0.3 is 0 Å². The molecule has 1 nitrogen and oxygen atoms in total. The Morgan fingerprint density at radius 2 is 0.940 bits per heavy atom. The molecule has 0 radical (unpaired) electrons. The first-order chi connectivity index (χ1) is 23.7. The summed E-state index contributed by atoms with van der Waals surface area (Å²) in [5.74, 6) is 0.140. The van der Waals surface area contributed by atoms with Crippen molar-refractivity contribution in [3.8, 4) is 27.9 Å². The van der Waals surface area contributed by atoms with Crippen LogP contribution in [0.3, 0.4) is 0 Å². The maximum Gasteiger partial charge on any atom is 0.0547 e. The van der Waals surface area contributed by atoms with Crippen LogP contribution >= 0.6 is 0 Å². The molecule has 1 aliphatic rings. The fourth-order valence-corrected chi connectivity index (χ4v) is 8.45. The molecule has 1 heteroatoms. The second-order valence-corrected chi connectivity index (χ2v) is 17.4. The van der Waals surface area contributed by atoms with Crippen LogP contribution < -0.4 is 0 Å². The summed E-state index contributed by atoms with van der Waals surface area (Å²) in [4.78, 5) is 0. The van der Waals surface area contributed by atoms with Crippen LogP contribution in [0.2, 0.25) is 0 Å². The van der Waals surface area contributed by atoms with E-state index in [1.807, 2.05) is 0 Å². The van der Waals surface area contributed by atoms with Crippen molar-refractivity contribution in [2.75, 3.05) is 0 Å². The highest BCUT2D eigenvalue weighted by atomic mass is 15.0. The topological polar surface area (TPSA) is 4.93 Å². The van der Waals surface area contributed by atoms with Crippen molar-refractivity contribution in [1.82, 2.24) is 4.57 Å². The lowest BCUT2D eigenvalue weighted by Crippen LogP contribution is -2.18. The quantitative estimate of drug-likeness (QED) is 0.179. The Morgan fingerprint density at radius 3 is 1.48 bits per heavy atom.